The summed E-state index contributed by atoms with van der Waals surface area (Å²) in [4.78, 5) is 41.7. The largest absolute Gasteiger partial charge is 0.332 e. The summed E-state index contributed by atoms with van der Waals surface area (Å²) in [5, 5.41) is 9.63. The number of anilines is 1. The molecule has 0 radical (unpaired) electrons. The highest BCUT2D eigenvalue weighted by Gasteiger charge is 2.20. The van der Waals surface area contributed by atoms with Gasteiger partial charge in [-0.05, 0) is 0 Å². The Balaban J connectivity index is 1.62. The van der Waals surface area contributed by atoms with E-state index in [0.29, 0.717) is 10.8 Å². The van der Waals surface area contributed by atoms with Crippen LogP contribution in [0.4, 0.5) is 5.13 Å². The molecular formula is C19H18N6O3S. The Bertz CT molecular complexity index is 1350. The third-order valence-electron chi connectivity index (χ3n) is 4.71. The van der Waals surface area contributed by atoms with E-state index in [2.05, 4.69) is 15.4 Å². The van der Waals surface area contributed by atoms with E-state index < -0.39 is 11.2 Å². The van der Waals surface area contributed by atoms with E-state index in [1.165, 1.54) is 27.6 Å². The Morgan fingerprint density at radius 1 is 1.10 bits per heavy atom. The fourth-order valence-electron chi connectivity index (χ4n) is 3.16. The molecule has 1 aromatic carbocycles. The third-order valence-corrected chi connectivity index (χ3v) is 5.46. The van der Waals surface area contributed by atoms with Crippen LogP contribution in [0.2, 0.25) is 0 Å². The lowest BCUT2D eigenvalue weighted by molar-refractivity contribution is -0.115. The zero-order valence-corrected chi connectivity index (χ0v) is 16.9. The molecule has 4 aromatic rings. The highest BCUT2D eigenvalue weighted by molar-refractivity contribution is 7.14. The van der Waals surface area contributed by atoms with Gasteiger partial charge in [-0.25, -0.2) is 9.78 Å². The Hall–Kier alpha value is -3.53. The molecule has 0 atom stereocenters. The van der Waals surface area contributed by atoms with Crippen LogP contribution in [0.25, 0.3) is 22.3 Å². The summed E-state index contributed by atoms with van der Waals surface area (Å²) < 4.78 is 3.77. The van der Waals surface area contributed by atoms with E-state index in [-0.39, 0.29) is 23.4 Å². The molecule has 4 rings (SSSR count). The van der Waals surface area contributed by atoms with Gasteiger partial charge in [0.25, 0.3) is 5.56 Å². The van der Waals surface area contributed by atoms with Crippen LogP contribution in [0.3, 0.4) is 0 Å². The van der Waals surface area contributed by atoms with Gasteiger partial charge in [-0.1, -0.05) is 30.3 Å². The first-order valence-electron chi connectivity index (χ1n) is 8.79. The molecule has 0 spiro atoms. The molecule has 3 aromatic heterocycles. The van der Waals surface area contributed by atoms with Gasteiger partial charge in [0, 0.05) is 32.1 Å². The van der Waals surface area contributed by atoms with Crippen LogP contribution in [0.1, 0.15) is 5.69 Å². The zero-order valence-electron chi connectivity index (χ0n) is 16.0. The van der Waals surface area contributed by atoms with Crippen molar-refractivity contribution in [3.05, 3.63) is 62.2 Å². The smallest absolute Gasteiger partial charge is 0.302 e. The highest BCUT2D eigenvalue weighted by atomic mass is 32.1. The number of aromatic nitrogens is 5. The molecule has 148 valence electrons. The van der Waals surface area contributed by atoms with Crippen molar-refractivity contribution in [3.8, 4) is 11.3 Å². The van der Waals surface area contributed by atoms with Crippen molar-refractivity contribution < 1.29 is 4.79 Å². The molecular weight excluding hydrogens is 392 g/mol. The quantitative estimate of drug-likeness (QED) is 0.546. The van der Waals surface area contributed by atoms with Gasteiger partial charge in [0.15, 0.2) is 10.8 Å². The number of nitrogens with zero attached hydrogens (tertiary/aromatic N) is 5. The molecule has 29 heavy (non-hydrogen) atoms. The topological polar surface area (TPSA) is 104 Å². The first-order valence-corrected chi connectivity index (χ1v) is 9.67. The summed E-state index contributed by atoms with van der Waals surface area (Å²) in [6.07, 6.45) is -0.0688. The summed E-state index contributed by atoms with van der Waals surface area (Å²) in [7, 11) is 4.59. The number of carbonyl (C=O) groups excluding carboxylic acids is 1. The molecule has 10 heteroatoms. The molecule has 1 amide bonds. The van der Waals surface area contributed by atoms with Gasteiger partial charge in [0.1, 0.15) is 5.39 Å². The predicted octanol–water partition coefficient (Wildman–Crippen LogP) is 1.28. The number of hydrogen-bond acceptors (Lipinski definition) is 6. The van der Waals surface area contributed by atoms with Crippen molar-refractivity contribution in [1.82, 2.24) is 23.9 Å². The zero-order chi connectivity index (χ0) is 20.7. The van der Waals surface area contributed by atoms with E-state index >= 15 is 0 Å². The number of aryl methyl sites for hydroxylation is 2. The van der Waals surface area contributed by atoms with Crippen molar-refractivity contribution in [2.45, 2.75) is 6.42 Å². The minimum atomic E-state index is -0.473. The van der Waals surface area contributed by atoms with E-state index in [9.17, 15) is 14.4 Å². The number of amides is 1. The molecule has 0 saturated carbocycles. The van der Waals surface area contributed by atoms with Crippen molar-refractivity contribution in [3.63, 3.8) is 0 Å². The lowest BCUT2D eigenvalue weighted by atomic mass is 10.2. The molecule has 0 bridgehead atoms. The molecule has 0 unspecified atom stereocenters. The van der Waals surface area contributed by atoms with E-state index in [4.69, 9.17) is 0 Å². The van der Waals surface area contributed by atoms with Crippen molar-refractivity contribution in [2.75, 3.05) is 5.32 Å². The second-order valence-electron chi connectivity index (χ2n) is 6.60. The average molecular weight is 410 g/mol. The SMILES string of the molecule is Cn1nc2c(c1CC(=O)Nc1nc(-c3ccccc3)cs1)c(=O)n(C)c(=O)n2C. The van der Waals surface area contributed by atoms with Crippen molar-refractivity contribution >= 4 is 33.4 Å². The Kier molecular flexibility index (Phi) is 4.63. The third kappa shape index (κ3) is 3.27. The van der Waals surface area contributed by atoms with Crippen LogP contribution in [-0.4, -0.2) is 29.8 Å². The Morgan fingerprint density at radius 3 is 2.55 bits per heavy atom. The number of rotatable bonds is 4. The molecule has 0 fully saturated rings. The first-order chi connectivity index (χ1) is 13.9. The molecule has 1 N–H and O–H groups in total. The van der Waals surface area contributed by atoms with Crippen LogP contribution in [0, 0.1) is 0 Å². The van der Waals surface area contributed by atoms with Crippen LogP contribution in [0.5, 0.6) is 0 Å². The second kappa shape index (κ2) is 7.13. The summed E-state index contributed by atoms with van der Waals surface area (Å²) in [6, 6.07) is 9.67. The molecule has 3 heterocycles. The summed E-state index contributed by atoms with van der Waals surface area (Å²) in [5.74, 6) is -0.320. The van der Waals surface area contributed by atoms with Crippen LogP contribution in [-0.2, 0) is 32.4 Å². The average Bonchev–Trinajstić information content (AvgIpc) is 3.30. The van der Waals surface area contributed by atoms with Crippen LogP contribution < -0.4 is 16.6 Å². The fraction of sp³-hybridized carbons (Fsp3) is 0.211. The molecule has 0 aliphatic rings. The Labute approximate surface area is 168 Å². The fourth-order valence-corrected chi connectivity index (χ4v) is 3.89. The first kappa shape index (κ1) is 18.8. The van der Waals surface area contributed by atoms with Crippen molar-refractivity contribution in [2.24, 2.45) is 21.1 Å². The lowest BCUT2D eigenvalue weighted by Gasteiger charge is -2.04. The van der Waals surface area contributed by atoms with E-state index in [1.54, 1.807) is 14.1 Å². The maximum Gasteiger partial charge on any atom is 0.332 e. The van der Waals surface area contributed by atoms with E-state index in [1.807, 2.05) is 35.7 Å². The number of thiazole rings is 1. The van der Waals surface area contributed by atoms with Crippen molar-refractivity contribution in [1.29, 1.82) is 0 Å². The number of hydrogen-bond donors (Lipinski definition) is 1. The number of benzene rings is 1. The maximum atomic E-state index is 12.6. The molecule has 9 nitrogen and oxygen atoms in total. The predicted molar refractivity (Wildman–Crippen MR) is 111 cm³/mol. The van der Waals surface area contributed by atoms with Crippen LogP contribution in [0.15, 0.2) is 45.3 Å². The summed E-state index contributed by atoms with van der Waals surface area (Å²) >= 11 is 1.33. The minimum Gasteiger partial charge on any atom is -0.302 e. The van der Waals surface area contributed by atoms with Gasteiger partial charge in [-0.2, -0.15) is 5.10 Å². The summed E-state index contributed by atoms with van der Waals surface area (Å²) in [6.45, 7) is 0. The van der Waals surface area contributed by atoms with Gasteiger partial charge in [0.2, 0.25) is 5.91 Å². The number of fused-ring (bicyclic) bond motifs is 1. The Morgan fingerprint density at radius 2 is 1.83 bits per heavy atom. The van der Waals surface area contributed by atoms with Gasteiger partial charge in [-0.15, -0.1) is 11.3 Å². The summed E-state index contributed by atoms with van der Waals surface area (Å²) in [5.41, 5.74) is 1.50. The van der Waals surface area contributed by atoms with Gasteiger partial charge < -0.3 is 5.32 Å². The number of carbonyl (C=O) groups is 1. The second-order valence-corrected chi connectivity index (χ2v) is 7.46. The monoisotopic (exact) mass is 410 g/mol. The molecule has 0 saturated heterocycles. The van der Waals surface area contributed by atoms with E-state index in [0.717, 1.165) is 15.8 Å². The van der Waals surface area contributed by atoms with Crippen LogP contribution >= 0.6 is 11.3 Å². The molecule has 0 aliphatic carbocycles. The minimum absolute atomic E-state index is 0.0688. The number of nitrogens with one attached hydrogen (secondary N) is 1. The normalized spacial score (nSPS) is 11.1. The van der Waals surface area contributed by atoms with Gasteiger partial charge >= 0.3 is 5.69 Å². The lowest BCUT2D eigenvalue weighted by Crippen LogP contribution is -2.37. The molecule has 0 aliphatic heterocycles. The standard InChI is InChI=1S/C19H18N6O3S/c1-23-16-15(17(27)24(2)19(23)28)13(25(3)22-16)9-14(26)21-18-20-12(10-29-18)11-7-5-4-6-8-11/h4-8,10H,9H2,1-3H3,(H,20,21,26). The van der Waals surface area contributed by atoms with Gasteiger partial charge in [0.05, 0.1) is 17.8 Å². The highest BCUT2D eigenvalue weighted by Crippen LogP contribution is 2.24. The maximum absolute atomic E-state index is 12.6. The van der Waals surface area contributed by atoms with Gasteiger partial charge in [-0.3, -0.25) is 23.4 Å².